The Balaban J connectivity index is 1.49. The molecule has 0 radical (unpaired) electrons. The van der Waals surface area contributed by atoms with E-state index in [9.17, 15) is 14.7 Å². The summed E-state index contributed by atoms with van der Waals surface area (Å²) in [7, 11) is 1.85. The number of rotatable bonds is 6. The van der Waals surface area contributed by atoms with Crippen LogP contribution in [-0.4, -0.2) is 59.5 Å². The molecule has 29 heavy (non-hydrogen) atoms. The number of aliphatic hydroxyl groups is 1. The van der Waals surface area contributed by atoms with Gasteiger partial charge in [0.05, 0.1) is 25.0 Å². The summed E-state index contributed by atoms with van der Waals surface area (Å²) >= 11 is 0. The molecule has 2 atom stereocenters. The van der Waals surface area contributed by atoms with Crippen LogP contribution in [0.2, 0.25) is 0 Å². The van der Waals surface area contributed by atoms with Crippen molar-refractivity contribution >= 4 is 17.5 Å². The van der Waals surface area contributed by atoms with E-state index in [-0.39, 0.29) is 30.4 Å². The molecule has 0 aromatic heterocycles. The van der Waals surface area contributed by atoms with Crippen molar-refractivity contribution in [1.29, 1.82) is 0 Å². The smallest absolute Gasteiger partial charge is 0.228 e. The normalized spacial score (nSPS) is 19.7. The van der Waals surface area contributed by atoms with E-state index < -0.39 is 0 Å². The molecule has 152 valence electrons. The van der Waals surface area contributed by atoms with Gasteiger partial charge in [0.25, 0.3) is 0 Å². The number of hydrogen-bond acceptors (Lipinski definition) is 4. The van der Waals surface area contributed by atoms with Crippen LogP contribution in [0.5, 0.6) is 0 Å². The first-order valence-electron chi connectivity index (χ1n) is 10.1. The van der Waals surface area contributed by atoms with Gasteiger partial charge < -0.3 is 15.3 Å². The molecule has 4 rings (SSSR count). The molecule has 6 heteroatoms. The van der Waals surface area contributed by atoms with Crippen LogP contribution in [0.15, 0.2) is 48.5 Å². The van der Waals surface area contributed by atoms with Crippen LogP contribution >= 0.6 is 0 Å². The third-order valence-electron chi connectivity index (χ3n) is 5.88. The van der Waals surface area contributed by atoms with E-state index in [0.29, 0.717) is 19.5 Å². The number of likely N-dealkylation sites (N-methyl/N-ethyl adjacent to an activating group) is 1. The van der Waals surface area contributed by atoms with Gasteiger partial charge in [-0.05, 0) is 29.2 Å². The molecule has 0 bridgehead atoms. The molecule has 2 heterocycles. The number of carbonyl (C=O) groups is 2. The van der Waals surface area contributed by atoms with Crippen LogP contribution in [0, 0.1) is 0 Å². The maximum absolute atomic E-state index is 13.1. The summed E-state index contributed by atoms with van der Waals surface area (Å²) in [5.74, 6) is 0.0282. The zero-order chi connectivity index (χ0) is 20.4. The molecule has 2 aromatic rings. The maximum atomic E-state index is 13.1. The number of anilines is 1. The van der Waals surface area contributed by atoms with Crippen molar-refractivity contribution in [1.82, 2.24) is 9.80 Å². The van der Waals surface area contributed by atoms with E-state index >= 15 is 0 Å². The number of benzene rings is 2. The first-order valence-corrected chi connectivity index (χ1v) is 10.1. The first-order chi connectivity index (χ1) is 14.0. The van der Waals surface area contributed by atoms with Crippen LogP contribution in [0.1, 0.15) is 29.2 Å². The SMILES string of the molecule is CN(C(=O)Cc1ccc2c(c1)NC(=O)C2)[C@H](CN1CCC(O)C1)c1ccccc1. The Morgan fingerprint density at radius 2 is 2.07 bits per heavy atom. The predicted octanol–water partition coefficient (Wildman–Crippen LogP) is 1.99. The number of carbonyl (C=O) groups excluding carboxylic acids is 2. The molecule has 1 fully saturated rings. The second kappa shape index (κ2) is 8.35. The average Bonchev–Trinajstić information content (AvgIpc) is 3.30. The lowest BCUT2D eigenvalue weighted by Crippen LogP contribution is -2.39. The molecule has 1 unspecified atom stereocenters. The Hall–Kier alpha value is -2.70. The molecule has 2 aliphatic rings. The van der Waals surface area contributed by atoms with Gasteiger partial charge in [-0.15, -0.1) is 0 Å². The molecule has 2 aromatic carbocycles. The number of hydrogen-bond donors (Lipinski definition) is 2. The lowest BCUT2D eigenvalue weighted by Gasteiger charge is -2.32. The number of amides is 2. The van der Waals surface area contributed by atoms with E-state index in [1.165, 1.54) is 0 Å². The fourth-order valence-corrected chi connectivity index (χ4v) is 4.19. The molecule has 6 nitrogen and oxygen atoms in total. The Kier molecular flexibility index (Phi) is 5.65. The summed E-state index contributed by atoms with van der Waals surface area (Å²) in [5.41, 5.74) is 3.78. The molecular weight excluding hydrogens is 366 g/mol. The van der Waals surface area contributed by atoms with Gasteiger partial charge in [-0.3, -0.25) is 14.5 Å². The third-order valence-corrected chi connectivity index (χ3v) is 5.88. The largest absolute Gasteiger partial charge is 0.392 e. The van der Waals surface area contributed by atoms with E-state index in [4.69, 9.17) is 0 Å². The first kappa shape index (κ1) is 19.6. The van der Waals surface area contributed by atoms with Crippen LogP contribution in [-0.2, 0) is 22.4 Å². The Morgan fingerprint density at radius 1 is 1.28 bits per heavy atom. The highest BCUT2D eigenvalue weighted by Crippen LogP contribution is 2.26. The lowest BCUT2D eigenvalue weighted by atomic mass is 10.0. The standard InChI is InChI=1S/C23H27N3O3/c1-25(23(29)12-16-7-8-18-13-22(28)24-20(18)11-16)21(17-5-3-2-4-6-17)15-26-10-9-19(27)14-26/h2-8,11,19,21,27H,9-10,12-15H2,1H3,(H,24,28)/t19?,21-/m1/s1. The molecule has 2 amide bonds. The number of β-amino-alcohol motifs (C(OH)–C–C–N with tert-alkyl or cyclic N) is 1. The van der Waals surface area contributed by atoms with Gasteiger partial charge in [-0.2, -0.15) is 0 Å². The van der Waals surface area contributed by atoms with Gasteiger partial charge in [0.2, 0.25) is 11.8 Å². The van der Waals surface area contributed by atoms with Crippen LogP contribution in [0.4, 0.5) is 5.69 Å². The fourth-order valence-electron chi connectivity index (χ4n) is 4.19. The summed E-state index contributed by atoms with van der Waals surface area (Å²) in [5, 5.41) is 12.7. The third kappa shape index (κ3) is 4.49. The molecule has 2 aliphatic heterocycles. The van der Waals surface area contributed by atoms with E-state index in [1.54, 1.807) is 0 Å². The highest BCUT2D eigenvalue weighted by molar-refractivity contribution is 5.99. The minimum absolute atomic E-state index is 0.00228. The van der Waals surface area contributed by atoms with Crippen molar-refractivity contribution in [3.63, 3.8) is 0 Å². The quantitative estimate of drug-likeness (QED) is 0.787. The Labute approximate surface area is 171 Å². The fraction of sp³-hybridized carbons (Fsp3) is 0.391. The Bertz CT molecular complexity index is 899. The zero-order valence-corrected chi connectivity index (χ0v) is 16.7. The number of nitrogens with one attached hydrogen (secondary N) is 1. The molecule has 0 spiro atoms. The van der Waals surface area contributed by atoms with Gasteiger partial charge in [0, 0.05) is 32.4 Å². The molecule has 1 saturated heterocycles. The number of fused-ring (bicyclic) bond motifs is 1. The second-order valence-corrected chi connectivity index (χ2v) is 8.03. The highest BCUT2D eigenvalue weighted by atomic mass is 16.3. The summed E-state index contributed by atoms with van der Waals surface area (Å²) < 4.78 is 0. The molecule has 0 aliphatic carbocycles. The van der Waals surface area contributed by atoms with Crippen LogP contribution in [0.3, 0.4) is 0 Å². The maximum Gasteiger partial charge on any atom is 0.228 e. The predicted molar refractivity (Wildman–Crippen MR) is 111 cm³/mol. The monoisotopic (exact) mass is 393 g/mol. The number of likely N-dealkylation sites (tertiary alicyclic amines) is 1. The zero-order valence-electron chi connectivity index (χ0n) is 16.7. The summed E-state index contributed by atoms with van der Waals surface area (Å²) in [4.78, 5) is 28.7. The Morgan fingerprint density at radius 3 is 2.79 bits per heavy atom. The van der Waals surface area contributed by atoms with Crippen molar-refractivity contribution in [2.75, 3.05) is 32.0 Å². The second-order valence-electron chi connectivity index (χ2n) is 8.03. The number of nitrogens with zero attached hydrogens (tertiary/aromatic N) is 2. The van der Waals surface area contributed by atoms with E-state index in [0.717, 1.165) is 35.3 Å². The lowest BCUT2D eigenvalue weighted by molar-refractivity contribution is -0.131. The highest BCUT2D eigenvalue weighted by Gasteiger charge is 2.28. The number of aliphatic hydroxyl groups excluding tert-OH is 1. The molecular formula is C23H27N3O3. The van der Waals surface area contributed by atoms with Gasteiger partial charge >= 0.3 is 0 Å². The van der Waals surface area contributed by atoms with Crippen molar-refractivity contribution in [3.05, 3.63) is 65.2 Å². The summed E-state index contributed by atoms with van der Waals surface area (Å²) in [6.45, 7) is 2.19. The minimum Gasteiger partial charge on any atom is -0.392 e. The summed E-state index contributed by atoms with van der Waals surface area (Å²) in [6, 6.07) is 15.7. The van der Waals surface area contributed by atoms with Crippen LogP contribution < -0.4 is 5.32 Å². The van der Waals surface area contributed by atoms with Gasteiger partial charge in [0.15, 0.2) is 0 Å². The minimum atomic E-state index is -0.283. The van der Waals surface area contributed by atoms with Crippen molar-refractivity contribution < 1.29 is 14.7 Å². The van der Waals surface area contributed by atoms with Crippen LogP contribution in [0.25, 0.3) is 0 Å². The topological polar surface area (TPSA) is 72.9 Å². The molecule has 2 N–H and O–H groups in total. The van der Waals surface area contributed by atoms with E-state index in [2.05, 4.69) is 10.2 Å². The summed E-state index contributed by atoms with van der Waals surface area (Å²) in [6.07, 6.45) is 1.18. The van der Waals surface area contributed by atoms with Crippen molar-refractivity contribution in [3.8, 4) is 0 Å². The van der Waals surface area contributed by atoms with Gasteiger partial charge in [-0.1, -0.05) is 42.5 Å². The van der Waals surface area contributed by atoms with Crippen molar-refractivity contribution in [2.24, 2.45) is 0 Å². The van der Waals surface area contributed by atoms with Crippen molar-refractivity contribution in [2.45, 2.75) is 31.4 Å². The van der Waals surface area contributed by atoms with Gasteiger partial charge in [0.1, 0.15) is 0 Å². The van der Waals surface area contributed by atoms with Gasteiger partial charge in [-0.25, -0.2) is 0 Å². The molecule has 0 saturated carbocycles. The average molecular weight is 393 g/mol. The van der Waals surface area contributed by atoms with E-state index in [1.807, 2.05) is 60.5 Å².